The summed E-state index contributed by atoms with van der Waals surface area (Å²) in [4.78, 5) is 18.0. The van der Waals surface area contributed by atoms with Crippen LogP contribution in [-0.2, 0) is 0 Å². The van der Waals surface area contributed by atoms with Gasteiger partial charge in [0.15, 0.2) is 0 Å². The molecule has 98 valence electrons. The van der Waals surface area contributed by atoms with Crippen molar-refractivity contribution in [2.45, 2.75) is 0 Å². The van der Waals surface area contributed by atoms with Gasteiger partial charge in [0.2, 0.25) is 0 Å². The highest BCUT2D eigenvalue weighted by molar-refractivity contribution is 6.31. The summed E-state index contributed by atoms with van der Waals surface area (Å²) >= 11 is 5.97. The van der Waals surface area contributed by atoms with Crippen molar-refractivity contribution in [3.8, 4) is 0 Å². The first-order valence-electron chi connectivity index (χ1n) is 5.77. The van der Waals surface area contributed by atoms with E-state index in [0.29, 0.717) is 16.4 Å². The fourth-order valence-corrected chi connectivity index (χ4v) is 1.85. The summed E-state index contributed by atoms with van der Waals surface area (Å²) in [6.45, 7) is 0. The summed E-state index contributed by atoms with van der Waals surface area (Å²) in [7, 11) is 3.80. The first kappa shape index (κ1) is 13.4. The van der Waals surface area contributed by atoms with Gasteiger partial charge in [-0.2, -0.15) is 0 Å². The Kier molecular flexibility index (Phi) is 4.02. The molecular formula is C14H14ClN3O. The molecule has 1 aromatic carbocycles. The number of nitrogens with one attached hydrogen (secondary N) is 1. The number of nitrogens with zero attached hydrogens (tertiary/aromatic N) is 2. The Balaban J connectivity index is 2.28. The number of hydrogen-bond acceptors (Lipinski definition) is 3. The standard InChI is InChI=1S/C14H14ClN3O/c1-18(2)13-7-6-10(15)9-12(13)17-14(19)11-5-3-4-8-16-11/h3-9H,1-2H3,(H,17,19). The fraction of sp³-hybridized carbons (Fsp3) is 0.143. The summed E-state index contributed by atoms with van der Waals surface area (Å²) < 4.78 is 0. The van der Waals surface area contributed by atoms with E-state index >= 15 is 0 Å². The molecular weight excluding hydrogens is 262 g/mol. The van der Waals surface area contributed by atoms with Gasteiger partial charge in [-0.1, -0.05) is 17.7 Å². The number of carbonyl (C=O) groups excluding carboxylic acids is 1. The van der Waals surface area contributed by atoms with E-state index < -0.39 is 0 Å². The quantitative estimate of drug-likeness (QED) is 0.936. The number of hydrogen-bond donors (Lipinski definition) is 1. The summed E-state index contributed by atoms with van der Waals surface area (Å²) in [6, 6.07) is 10.6. The summed E-state index contributed by atoms with van der Waals surface area (Å²) in [6.07, 6.45) is 1.58. The normalized spacial score (nSPS) is 10.1. The minimum atomic E-state index is -0.258. The Morgan fingerprint density at radius 1 is 1.26 bits per heavy atom. The third kappa shape index (κ3) is 3.23. The zero-order valence-electron chi connectivity index (χ0n) is 10.7. The van der Waals surface area contributed by atoms with E-state index in [4.69, 9.17) is 11.6 Å². The highest BCUT2D eigenvalue weighted by atomic mass is 35.5. The summed E-state index contributed by atoms with van der Waals surface area (Å²) in [5, 5.41) is 3.39. The number of carbonyl (C=O) groups is 1. The van der Waals surface area contributed by atoms with Crippen molar-refractivity contribution < 1.29 is 4.79 Å². The molecule has 1 heterocycles. The molecule has 5 heteroatoms. The van der Waals surface area contributed by atoms with Crippen molar-refractivity contribution in [1.82, 2.24) is 4.98 Å². The van der Waals surface area contributed by atoms with Crippen LogP contribution in [0.5, 0.6) is 0 Å². The molecule has 4 nitrogen and oxygen atoms in total. The van der Waals surface area contributed by atoms with Crippen LogP contribution in [-0.4, -0.2) is 25.0 Å². The minimum Gasteiger partial charge on any atom is -0.376 e. The third-order valence-corrected chi connectivity index (χ3v) is 2.82. The van der Waals surface area contributed by atoms with Gasteiger partial charge >= 0.3 is 0 Å². The number of amides is 1. The fourth-order valence-electron chi connectivity index (χ4n) is 1.68. The number of halogens is 1. The van der Waals surface area contributed by atoms with Crippen LogP contribution in [0.25, 0.3) is 0 Å². The second kappa shape index (κ2) is 5.71. The molecule has 2 rings (SSSR count). The monoisotopic (exact) mass is 275 g/mol. The van der Waals surface area contributed by atoms with Gasteiger partial charge in [-0.15, -0.1) is 0 Å². The van der Waals surface area contributed by atoms with Crippen LogP contribution >= 0.6 is 11.6 Å². The Morgan fingerprint density at radius 3 is 2.68 bits per heavy atom. The van der Waals surface area contributed by atoms with Crippen LogP contribution in [0, 0.1) is 0 Å². The molecule has 0 unspecified atom stereocenters. The molecule has 1 amide bonds. The van der Waals surface area contributed by atoms with Crippen LogP contribution in [0.2, 0.25) is 5.02 Å². The zero-order valence-corrected chi connectivity index (χ0v) is 11.5. The number of benzene rings is 1. The maximum absolute atomic E-state index is 12.1. The number of anilines is 2. The lowest BCUT2D eigenvalue weighted by Crippen LogP contribution is -2.17. The van der Waals surface area contributed by atoms with Crippen LogP contribution in [0.3, 0.4) is 0 Å². The van der Waals surface area contributed by atoms with Gasteiger partial charge < -0.3 is 10.2 Å². The average molecular weight is 276 g/mol. The van der Waals surface area contributed by atoms with E-state index in [1.165, 1.54) is 0 Å². The second-order valence-electron chi connectivity index (χ2n) is 4.23. The highest BCUT2D eigenvalue weighted by Gasteiger charge is 2.11. The Bertz CT molecular complexity index is 584. The number of rotatable bonds is 3. The second-order valence-corrected chi connectivity index (χ2v) is 4.66. The van der Waals surface area contributed by atoms with E-state index in [-0.39, 0.29) is 5.91 Å². The van der Waals surface area contributed by atoms with Crippen molar-refractivity contribution in [1.29, 1.82) is 0 Å². The molecule has 0 atom stereocenters. The van der Waals surface area contributed by atoms with Gasteiger partial charge in [-0.3, -0.25) is 9.78 Å². The zero-order chi connectivity index (χ0) is 13.8. The van der Waals surface area contributed by atoms with Gasteiger partial charge in [0.05, 0.1) is 11.4 Å². The topological polar surface area (TPSA) is 45.2 Å². The molecule has 1 N–H and O–H groups in total. The van der Waals surface area contributed by atoms with Crippen LogP contribution in [0.4, 0.5) is 11.4 Å². The summed E-state index contributed by atoms with van der Waals surface area (Å²) in [5.74, 6) is -0.258. The predicted molar refractivity (Wildman–Crippen MR) is 78.0 cm³/mol. The predicted octanol–water partition coefficient (Wildman–Crippen LogP) is 3.05. The molecule has 0 aliphatic rings. The van der Waals surface area contributed by atoms with Crippen LogP contribution < -0.4 is 10.2 Å². The van der Waals surface area contributed by atoms with E-state index in [9.17, 15) is 4.79 Å². The molecule has 2 aromatic rings. The Morgan fingerprint density at radius 2 is 2.05 bits per heavy atom. The van der Waals surface area contributed by atoms with Crippen molar-refractivity contribution in [3.05, 3.63) is 53.3 Å². The van der Waals surface area contributed by atoms with E-state index in [0.717, 1.165) is 5.69 Å². The molecule has 0 aliphatic carbocycles. The maximum Gasteiger partial charge on any atom is 0.274 e. The largest absolute Gasteiger partial charge is 0.376 e. The maximum atomic E-state index is 12.1. The Hall–Kier alpha value is -2.07. The van der Waals surface area contributed by atoms with E-state index in [2.05, 4.69) is 10.3 Å². The van der Waals surface area contributed by atoms with Gasteiger partial charge in [-0.25, -0.2) is 0 Å². The molecule has 0 aliphatic heterocycles. The average Bonchev–Trinajstić information content (AvgIpc) is 2.39. The first-order valence-corrected chi connectivity index (χ1v) is 6.15. The van der Waals surface area contributed by atoms with Crippen molar-refractivity contribution in [2.24, 2.45) is 0 Å². The molecule has 0 radical (unpaired) electrons. The van der Waals surface area contributed by atoms with Crippen molar-refractivity contribution in [2.75, 3.05) is 24.3 Å². The van der Waals surface area contributed by atoms with Gasteiger partial charge in [0.1, 0.15) is 5.69 Å². The lowest BCUT2D eigenvalue weighted by Gasteiger charge is -2.18. The van der Waals surface area contributed by atoms with Crippen molar-refractivity contribution >= 4 is 28.9 Å². The SMILES string of the molecule is CN(C)c1ccc(Cl)cc1NC(=O)c1ccccn1. The molecule has 0 fully saturated rings. The van der Waals surface area contributed by atoms with Crippen LogP contribution in [0.15, 0.2) is 42.6 Å². The molecule has 1 aromatic heterocycles. The molecule has 0 saturated carbocycles. The Labute approximate surface area is 117 Å². The molecule has 0 spiro atoms. The third-order valence-electron chi connectivity index (χ3n) is 2.59. The lowest BCUT2D eigenvalue weighted by atomic mass is 10.2. The van der Waals surface area contributed by atoms with Gasteiger partial charge in [-0.05, 0) is 30.3 Å². The minimum absolute atomic E-state index is 0.258. The number of pyridine rings is 1. The molecule has 19 heavy (non-hydrogen) atoms. The smallest absolute Gasteiger partial charge is 0.274 e. The van der Waals surface area contributed by atoms with E-state index in [1.807, 2.05) is 25.1 Å². The molecule has 0 saturated heterocycles. The highest BCUT2D eigenvalue weighted by Crippen LogP contribution is 2.28. The lowest BCUT2D eigenvalue weighted by molar-refractivity contribution is 0.102. The van der Waals surface area contributed by atoms with E-state index in [1.54, 1.807) is 36.5 Å². The summed E-state index contributed by atoms with van der Waals surface area (Å²) in [5.41, 5.74) is 1.91. The van der Waals surface area contributed by atoms with Crippen LogP contribution in [0.1, 0.15) is 10.5 Å². The first-order chi connectivity index (χ1) is 9.08. The van der Waals surface area contributed by atoms with Crippen molar-refractivity contribution in [3.63, 3.8) is 0 Å². The number of aromatic nitrogens is 1. The molecule has 0 bridgehead atoms. The van der Waals surface area contributed by atoms with Gasteiger partial charge in [0, 0.05) is 25.3 Å². The van der Waals surface area contributed by atoms with Gasteiger partial charge in [0.25, 0.3) is 5.91 Å².